The first-order valence-electron chi connectivity index (χ1n) is 6.64. The van der Waals surface area contributed by atoms with Gasteiger partial charge in [-0.1, -0.05) is 0 Å². The maximum atomic E-state index is 11.2. The molecule has 124 valence electrons. The Morgan fingerprint density at radius 1 is 1.08 bits per heavy atom. The zero-order valence-corrected chi connectivity index (χ0v) is 12.5. The van der Waals surface area contributed by atoms with E-state index in [1.54, 1.807) is 0 Å². The van der Waals surface area contributed by atoms with Crippen LogP contribution in [0, 0.1) is 20.2 Å². The average Bonchev–Trinajstić information content (AvgIpc) is 2.59. The minimum atomic E-state index is -0.680. The van der Waals surface area contributed by atoms with E-state index in [9.17, 15) is 25.0 Å². The normalized spacial score (nSPS) is 10.0. The van der Waals surface area contributed by atoms with Crippen LogP contribution < -0.4 is 9.47 Å². The van der Waals surface area contributed by atoms with E-state index in [0.29, 0.717) is 11.8 Å². The molecule has 0 saturated carbocycles. The topological polar surface area (TPSA) is 122 Å². The van der Waals surface area contributed by atoms with Crippen LogP contribution in [-0.4, -0.2) is 23.2 Å². The highest BCUT2D eigenvalue weighted by atomic mass is 16.6. The summed E-state index contributed by atoms with van der Waals surface area (Å²) in [6.45, 7) is -0.0599. The number of benzene rings is 2. The molecule has 0 aliphatic rings. The van der Waals surface area contributed by atoms with E-state index < -0.39 is 15.5 Å². The molecule has 9 heteroatoms. The molecule has 0 aliphatic heterocycles. The van der Waals surface area contributed by atoms with Gasteiger partial charge in [-0.3, -0.25) is 25.0 Å². The summed E-state index contributed by atoms with van der Waals surface area (Å²) in [5, 5.41) is 21.8. The largest absolute Gasteiger partial charge is 0.493 e. The maximum Gasteiger partial charge on any atom is 0.315 e. The van der Waals surface area contributed by atoms with Crippen LogP contribution in [0.15, 0.2) is 36.4 Å². The Morgan fingerprint density at radius 2 is 1.75 bits per heavy atom. The van der Waals surface area contributed by atoms with Crippen molar-refractivity contribution in [2.75, 3.05) is 7.11 Å². The fourth-order valence-electron chi connectivity index (χ4n) is 1.98. The lowest BCUT2D eigenvalue weighted by atomic mass is 10.2. The fourth-order valence-corrected chi connectivity index (χ4v) is 1.98. The third-order valence-corrected chi connectivity index (χ3v) is 3.14. The first kappa shape index (κ1) is 16.9. The zero-order chi connectivity index (χ0) is 17.7. The SMILES string of the molecule is COc1cc(C=O)cc([N+](=O)[O-])c1OCc1ccc([N+](=O)[O-])cc1. The number of hydrogen-bond donors (Lipinski definition) is 0. The summed E-state index contributed by atoms with van der Waals surface area (Å²) >= 11 is 0. The smallest absolute Gasteiger partial charge is 0.315 e. The van der Waals surface area contributed by atoms with Crippen molar-refractivity contribution in [3.05, 3.63) is 67.8 Å². The summed E-state index contributed by atoms with van der Waals surface area (Å²) < 4.78 is 10.5. The monoisotopic (exact) mass is 332 g/mol. The van der Waals surface area contributed by atoms with Crippen LogP contribution in [0.3, 0.4) is 0 Å². The molecule has 0 aliphatic carbocycles. The van der Waals surface area contributed by atoms with Crippen LogP contribution in [0.5, 0.6) is 11.5 Å². The highest BCUT2D eigenvalue weighted by Gasteiger charge is 2.22. The number of hydrogen-bond acceptors (Lipinski definition) is 7. The van der Waals surface area contributed by atoms with E-state index >= 15 is 0 Å². The lowest BCUT2D eigenvalue weighted by molar-refractivity contribution is -0.386. The molecule has 0 saturated heterocycles. The van der Waals surface area contributed by atoms with Gasteiger partial charge in [-0.15, -0.1) is 0 Å². The van der Waals surface area contributed by atoms with Gasteiger partial charge in [-0.05, 0) is 23.8 Å². The van der Waals surface area contributed by atoms with Gasteiger partial charge in [0.2, 0.25) is 5.75 Å². The zero-order valence-electron chi connectivity index (χ0n) is 12.5. The summed E-state index contributed by atoms with van der Waals surface area (Å²) in [7, 11) is 1.30. The van der Waals surface area contributed by atoms with Crippen molar-refractivity contribution < 1.29 is 24.1 Å². The van der Waals surface area contributed by atoms with E-state index in [2.05, 4.69) is 0 Å². The second kappa shape index (κ2) is 7.18. The molecule has 9 nitrogen and oxygen atoms in total. The summed E-state index contributed by atoms with van der Waals surface area (Å²) in [5.74, 6) is -0.0698. The van der Waals surface area contributed by atoms with E-state index in [0.717, 1.165) is 6.07 Å². The molecule has 24 heavy (non-hydrogen) atoms. The Balaban J connectivity index is 2.29. The van der Waals surface area contributed by atoms with Gasteiger partial charge >= 0.3 is 5.69 Å². The first-order valence-corrected chi connectivity index (χ1v) is 6.64. The van der Waals surface area contributed by atoms with E-state index in [1.165, 1.54) is 37.4 Å². The molecule has 0 amide bonds. The van der Waals surface area contributed by atoms with Crippen LogP contribution in [0.1, 0.15) is 15.9 Å². The maximum absolute atomic E-state index is 11.2. The van der Waals surface area contributed by atoms with Gasteiger partial charge in [0.1, 0.15) is 12.9 Å². The Bertz CT molecular complexity index is 787. The molecular formula is C15H12N2O7. The predicted molar refractivity (Wildman–Crippen MR) is 82.5 cm³/mol. The third kappa shape index (κ3) is 3.64. The number of non-ortho nitro benzene ring substituents is 1. The lowest BCUT2D eigenvalue weighted by Gasteiger charge is -2.11. The molecule has 0 aromatic heterocycles. The summed E-state index contributed by atoms with van der Waals surface area (Å²) in [6.07, 6.45) is 0.468. The number of ether oxygens (including phenoxy) is 2. The lowest BCUT2D eigenvalue weighted by Crippen LogP contribution is -2.02. The predicted octanol–water partition coefficient (Wildman–Crippen LogP) is 2.90. The van der Waals surface area contributed by atoms with Gasteiger partial charge in [-0.25, -0.2) is 0 Å². The van der Waals surface area contributed by atoms with Crippen molar-refractivity contribution >= 4 is 17.7 Å². The second-order valence-electron chi connectivity index (χ2n) is 4.66. The number of carbonyl (C=O) groups is 1. The number of nitro groups is 2. The molecule has 0 fully saturated rings. The molecule has 2 rings (SSSR count). The highest BCUT2D eigenvalue weighted by molar-refractivity contribution is 5.79. The average molecular weight is 332 g/mol. The number of aldehydes is 1. The Hall–Kier alpha value is -3.49. The fraction of sp³-hybridized carbons (Fsp3) is 0.133. The van der Waals surface area contributed by atoms with Crippen molar-refractivity contribution in [2.24, 2.45) is 0 Å². The highest BCUT2D eigenvalue weighted by Crippen LogP contribution is 2.38. The van der Waals surface area contributed by atoms with E-state index in [-0.39, 0.29) is 29.4 Å². The van der Waals surface area contributed by atoms with Crippen LogP contribution in [0.2, 0.25) is 0 Å². The van der Waals surface area contributed by atoms with Gasteiger partial charge in [-0.2, -0.15) is 0 Å². The minimum Gasteiger partial charge on any atom is -0.493 e. The Kier molecular flexibility index (Phi) is 5.05. The molecule has 0 bridgehead atoms. The molecule has 2 aromatic carbocycles. The summed E-state index contributed by atoms with van der Waals surface area (Å²) in [6, 6.07) is 7.98. The number of carbonyl (C=O) groups excluding carboxylic acids is 1. The summed E-state index contributed by atoms with van der Waals surface area (Å²) in [5.41, 5.74) is 0.189. The number of nitro benzene ring substituents is 2. The number of nitrogens with zero attached hydrogens (tertiary/aromatic N) is 2. The van der Waals surface area contributed by atoms with Gasteiger partial charge in [0, 0.05) is 23.8 Å². The van der Waals surface area contributed by atoms with Gasteiger partial charge in [0.05, 0.1) is 17.0 Å². The summed E-state index contributed by atoms with van der Waals surface area (Å²) in [4.78, 5) is 31.4. The molecule has 0 unspecified atom stereocenters. The van der Waals surface area contributed by atoms with Gasteiger partial charge in [0.15, 0.2) is 5.75 Å². The van der Waals surface area contributed by atoms with Crippen molar-refractivity contribution in [1.29, 1.82) is 0 Å². The molecule has 0 spiro atoms. The van der Waals surface area contributed by atoms with Crippen LogP contribution >= 0.6 is 0 Å². The molecular weight excluding hydrogens is 320 g/mol. The number of methoxy groups -OCH3 is 1. The molecule has 2 aromatic rings. The van der Waals surface area contributed by atoms with Crippen molar-refractivity contribution in [1.82, 2.24) is 0 Å². The van der Waals surface area contributed by atoms with Gasteiger partial charge < -0.3 is 9.47 Å². The minimum absolute atomic E-state index is 0.0493. The van der Waals surface area contributed by atoms with Crippen LogP contribution in [-0.2, 0) is 6.61 Å². The number of rotatable bonds is 7. The standard InChI is InChI=1S/C15H12N2O7/c1-23-14-7-11(8-18)6-13(17(21)22)15(14)24-9-10-2-4-12(5-3-10)16(19)20/h2-8H,9H2,1H3. The second-order valence-corrected chi connectivity index (χ2v) is 4.66. The molecule has 0 radical (unpaired) electrons. The third-order valence-electron chi connectivity index (χ3n) is 3.14. The Labute approximate surface area is 135 Å². The first-order chi connectivity index (χ1) is 11.5. The molecule has 0 atom stereocenters. The Morgan fingerprint density at radius 3 is 2.25 bits per heavy atom. The van der Waals surface area contributed by atoms with Crippen LogP contribution in [0.4, 0.5) is 11.4 Å². The van der Waals surface area contributed by atoms with Crippen molar-refractivity contribution in [3.8, 4) is 11.5 Å². The van der Waals surface area contributed by atoms with Crippen molar-refractivity contribution in [3.63, 3.8) is 0 Å². The van der Waals surface area contributed by atoms with Crippen molar-refractivity contribution in [2.45, 2.75) is 6.61 Å². The molecule has 0 heterocycles. The van der Waals surface area contributed by atoms with E-state index in [1.807, 2.05) is 0 Å². The van der Waals surface area contributed by atoms with Crippen LogP contribution in [0.25, 0.3) is 0 Å². The molecule has 0 N–H and O–H groups in total. The van der Waals surface area contributed by atoms with E-state index in [4.69, 9.17) is 9.47 Å². The van der Waals surface area contributed by atoms with Gasteiger partial charge in [0.25, 0.3) is 5.69 Å². The quantitative estimate of drug-likeness (QED) is 0.434.